The summed E-state index contributed by atoms with van der Waals surface area (Å²) in [5, 5.41) is 9.50. The van der Waals surface area contributed by atoms with E-state index in [2.05, 4.69) is 25.1 Å². The third-order valence-electron chi connectivity index (χ3n) is 9.94. The van der Waals surface area contributed by atoms with E-state index in [0.29, 0.717) is 24.8 Å². The summed E-state index contributed by atoms with van der Waals surface area (Å²) >= 11 is 4.87. The molecule has 2 saturated carbocycles. The Bertz CT molecular complexity index is 2690. The van der Waals surface area contributed by atoms with Gasteiger partial charge in [0.15, 0.2) is 11.5 Å². The lowest BCUT2D eigenvalue weighted by Gasteiger charge is -2.25. The maximum atomic E-state index is 15.0. The number of halogens is 6. The Kier molecular flexibility index (Phi) is 11.6. The average Bonchev–Trinajstić information content (AvgIpc) is 4.15. The van der Waals surface area contributed by atoms with Gasteiger partial charge in [0.25, 0.3) is 12.0 Å². The number of carbonyl (C=O) groups is 1. The molecule has 0 spiro atoms. The Labute approximate surface area is 347 Å². The number of pyridine rings is 1. The van der Waals surface area contributed by atoms with Crippen LogP contribution in [-0.4, -0.2) is 58.8 Å². The first-order valence-corrected chi connectivity index (χ1v) is 20.4. The molecule has 2 unspecified atom stereocenters. The first kappa shape index (κ1) is 40.9. The third kappa shape index (κ3) is 9.00. The highest BCUT2D eigenvalue weighted by Gasteiger charge is 2.36. The minimum atomic E-state index is -2.92. The van der Waals surface area contributed by atoms with E-state index in [0.717, 1.165) is 35.2 Å². The van der Waals surface area contributed by atoms with E-state index in [9.17, 15) is 31.7 Å². The topological polar surface area (TPSA) is 168 Å². The van der Waals surface area contributed by atoms with Crippen molar-refractivity contribution in [3.8, 4) is 16.9 Å². The fourth-order valence-corrected chi connectivity index (χ4v) is 8.07. The number of anilines is 1. The molecule has 310 valence electrons. The molecule has 12 nitrogen and oxygen atoms in total. The van der Waals surface area contributed by atoms with E-state index >= 15 is 4.39 Å². The molecule has 2 fully saturated rings. The second kappa shape index (κ2) is 17.0. The molecule has 0 saturated heterocycles. The van der Waals surface area contributed by atoms with Crippen molar-refractivity contribution in [2.75, 3.05) is 11.9 Å². The summed E-state index contributed by atoms with van der Waals surface area (Å²) in [6.07, 6.45) is 1.60. The Morgan fingerprint density at radius 2 is 1.75 bits per heavy atom. The van der Waals surface area contributed by atoms with Gasteiger partial charge in [-0.2, -0.15) is 5.10 Å². The summed E-state index contributed by atoms with van der Waals surface area (Å²) in [7, 11) is 0. The van der Waals surface area contributed by atoms with E-state index in [1.165, 1.54) is 47.1 Å². The zero-order chi connectivity index (χ0) is 42.2. The summed E-state index contributed by atoms with van der Waals surface area (Å²) in [6.45, 7) is -1.26. The second-order valence-corrected chi connectivity index (χ2v) is 16.3. The van der Waals surface area contributed by atoms with Crippen molar-refractivity contribution in [3.63, 3.8) is 0 Å². The lowest BCUT2D eigenvalue weighted by atomic mass is 10.0. The lowest BCUT2D eigenvalue weighted by molar-refractivity contribution is -0.122. The highest BCUT2D eigenvalue weighted by molar-refractivity contribution is 7.91. The maximum Gasteiger partial charge on any atom is 0.267 e. The first-order valence-electron chi connectivity index (χ1n) is 18.9. The number of nitrogens with one attached hydrogen (secondary N) is 2. The summed E-state index contributed by atoms with van der Waals surface area (Å²) in [5.41, 5.74) is 5.91. The van der Waals surface area contributed by atoms with E-state index in [1.54, 1.807) is 18.3 Å². The fourth-order valence-electron chi connectivity index (χ4n) is 6.84. The van der Waals surface area contributed by atoms with Gasteiger partial charge in [-0.05, 0) is 77.4 Å². The van der Waals surface area contributed by atoms with Crippen LogP contribution in [0.15, 0.2) is 88.2 Å². The number of fused-ring (bicyclic) bond motifs is 1. The molecule has 0 bridgehead atoms. The van der Waals surface area contributed by atoms with Crippen LogP contribution in [0.4, 0.5) is 27.6 Å². The van der Waals surface area contributed by atoms with Gasteiger partial charge < -0.3 is 20.9 Å². The van der Waals surface area contributed by atoms with Gasteiger partial charge in [-0.3, -0.25) is 18.8 Å². The number of benzene rings is 3. The van der Waals surface area contributed by atoms with Crippen LogP contribution in [0.5, 0.6) is 0 Å². The zero-order valence-electron chi connectivity index (χ0n) is 31.4. The predicted octanol–water partition coefficient (Wildman–Crippen LogP) is 6.90. The lowest BCUT2D eigenvalue weighted by Crippen LogP contribution is -2.38. The van der Waals surface area contributed by atoms with Gasteiger partial charge in [-0.1, -0.05) is 23.7 Å². The van der Waals surface area contributed by atoms with Gasteiger partial charge in [0.1, 0.15) is 46.4 Å². The highest BCUT2D eigenvalue weighted by Crippen LogP contribution is 2.39. The minimum Gasteiger partial charge on any atom is -0.591 e. The maximum absolute atomic E-state index is 15.0. The van der Waals surface area contributed by atoms with E-state index < -0.39 is 59.3 Å². The van der Waals surface area contributed by atoms with Crippen LogP contribution in [0, 0.1) is 17.5 Å². The van der Waals surface area contributed by atoms with E-state index in [-0.39, 0.29) is 79.7 Å². The molecular weight excluding hydrogens is 829 g/mol. The Morgan fingerprint density at radius 1 is 1.00 bits per heavy atom. The van der Waals surface area contributed by atoms with Crippen LogP contribution in [0.1, 0.15) is 60.3 Å². The molecule has 4 N–H and O–H groups in total. The number of amidine groups is 1. The van der Waals surface area contributed by atoms with Crippen LogP contribution in [-0.2, 0) is 29.1 Å². The molecule has 0 radical (unpaired) electrons. The summed E-state index contributed by atoms with van der Waals surface area (Å²) in [4.78, 5) is 38.2. The molecule has 1 amide bonds. The molecule has 60 heavy (non-hydrogen) atoms. The van der Waals surface area contributed by atoms with E-state index in [4.69, 9.17) is 22.3 Å². The number of nitrogens with two attached hydrogens (primary N) is 1. The Morgan fingerprint density at radius 3 is 2.45 bits per heavy atom. The smallest absolute Gasteiger partial charge is 0.267 e. The molecule has 0 aliphatic heterocycles. The Hall–Kier alpha value is -5.85. The number of rotatable bonds is 15. The van der Waals surface area contributed by atoms with Crippen molar-refractivity contribution >= 4 is 51.4 Å². The molecule has 3 aromatic heterocycles. The Balaban J connectivity index is 1.35. The quantitative estimate of drug-likeness (QED) is 0.0434. The normalized spacial score (nSPS) is 15.4. The highest BCUT2D eigenvalue weighted by atomic mass is 35.5. The molecule has 3 aromatic carbocycles. The number of aromatic nitrogens is 5. The first-order chi connectivity index (χ1) is 28.8. The van der Waals surface area contributed by atoms with Gasteiger partial charge >= 0.3 is 0 Å². The number of hydrogen-bond donors (Lipinski definition) is 3. The van der Waals surface area contributed by atoms with Gasteiger partial charge in [-0.25, -0.2) is 31.9 Å². The van der Waals surface area contributed by atoms with Crippen LogP contribution in [0.2, 0.25) is 5.02 Å². The van der Waals surface area contributed by atoms with Gasteiger partial charge in [0.05, 0.1) is 51.3 Å². The number of alkyl halides is 2. The molecule has 8 rings (SSSR count). The summed E-state index contributed by atoms with van der Waals surface area (Å²) < 4.78 is 91.7. The van der Waals surface area contributed by atoms with Crippen molar-refractivity contribution < 1.29 is 31.3 Å². The molecule has 19 heteroatoms. The number of nitrogens with zero attached hydrogens (tertiary/aromatic N) is 6. The number of carbonyl (C=O) groups excluding carboxylic acids is 1. The molecule has 2 atom stereocenters. The van der Waals surface area contributed by atoms with Crippen molar-refractivity contribution in [2.24, 2.45) is 10.1 Å². The SMILES string of the molecule is NC(=N[S+]([O-])C1CC1)c1c(Cl)ccc(-n2c(C(Cc3cc(F)cc(F)c3)NC(=O)Cn3ccc(C4CC4)n3)nc3nc(-c4ccccc4F)ccc3c2=O)c1NCC(F)F. The van der Waals surface area contributed by atoms with Gasteiger partial charge in [0.2, 0.25) is 5.91 Å². The standard InChI is InChI=1S/C41H35ClF5N9O3S/c42-28-10-12-33(37(49-19-34(46)47)36(28)38(48)54-60(59)25-7-8-25)56-40(52-39-27(41(56)58)9-11-31(51-39)26-3-1-2-4-29(26)45)32(17-21-15-23(43)18-24(44)16-21)50-35(57)20-55-14-13-30(53-55)22-5-6-22/h1-4,9-16,18,22,25,32,34,49H,5-8,17,19-20H2,(H2,48,54)(H,50,57). The van der Waals surface area contributed by atoms with Crippen LogP contribution in [0.3, 0.4) is 0 Å². The van der Waals surface area contributed by atoms with Crippen molar-refractivity contribution in [1.82, 2.24) is 29.6 Å². The molecule has 6 aromatic rings. The van der Waals surface area contributed by atoms with E-state index in [1.807, 2.05) is 0 Å². The largest absolute Gasteiger partial charge is 0.591 e. The molecular formula is C41H35ClF5N9O3S. The van der Waals surface area contributed by atoms with Gasteiger partial charge in [0, 0.05) is 43.0 Å². The second-order valence-electron chi connectivity index (χ2n) is 14.5. The minimum absolute atomic E-state index is 0.0497. The molecule has 3 heterocycles. The molecule has 2 aliphatic rings. The predicted molar refractivity (Wildman–Crippen MR) is 217 cm³/mol. The van der Waals surface area contributed by atoms with Crippen molar-refractivity contribution in [2.45, 2.75) is 62.3 Å². The van der Waals surface area contributed by atoms with Crippen LogP contribution < -0.4 is 21.9 Å². The van der Waals surface area contributed by atoms with Crippen LogP contribution >= 0.6 is 11.6 Å². The number of amides is 1. The van der Waals surface area contributed by atoms with Gasteiger partial charge in [-0.15, -0.1) is 0 Å². The third-order valence-corrected chi connectivity index (χ3v) is 11.7. The average molecular weight is 864 g/mol. The monoisotopic (exact) mass is 863 g/mol. The number of hydrogen-bond acceptors (Lipinski definition) is 8. The van der Waals surface area contributed by atoms with Crippen molar-refractivity contribution in [1.29, 1.82) is 0 Å². The van der Waals surface area contributed by atoms with Crippen LogP contribution in [0.25, 0.3) is 28.0 Å². The molecule has 2 aliphatic carbocycles. The van der Waals surface area contributed by atoms with Crippen molar-refractivity contribution in [3.05, 3.63) is 134 Å². The zero-order valence-corrected chi connectivity index (χ0v) is 33.0. The fraction of sp³-hybridized carbons (Fsp3) is 0.268. The summed E-state index contributed by atoms with van der Waals surface area (Å²) in [6, 6.07) is 14.4. The summed E-state index contributed by atoms with van der Waals surface area (Å²) in [5.74, 6) is -3.42.